The molecule has 112 valence electrons. The van der Waals surface area contributed by atoms with Crippen molar-refractivity contribution in [3.05, 3.63) is 47.5 Å². The molecule has 5 heteroatoms. The minimum Gasteiger partial charge on any atom is -0.496 e. The van der Waals surface area contributed by atoms with Gasteiger partial charge in [0.15, 0.2) is 0 Å². The number of para-hydroxylation sites is 1. The number of ether oxygens (including phenoxy) is 1. The molecule has 0 atom stereocenters. The molecule has 4 nitrogen and oxygen atoms in total. The molecule has 0 saturated carbocycles. The van der Waals surface area contributed by atoms with Crippen LogP contribution in [0.4, 0.5) is 0 Å². The Balaban J connectivity index is 2.92. The van der Waals surface area contributed by atoms with Gasteiger partial charge in [-0.1, -0.05) is 31.2 Å². The van der Waals surface area contributed by atoms with Crippen molar-refractivity contribution in [3.63, 3.8) is 0 Å². The molecule has 0 aliphatic heterocycles. The van der Waals surface area contributed by atoms with Crippen LogP contribution in [-0.2, 0) is 16.5 Å². The molecular formula is C16H18O4S. The minimum atomic E-state index is -4.31. The van der Waals surface area contributed by atoms with Crippen LogP contribution < -0.4 is 4.74 Å². The molecule has 21 heavy (non-hydrogen) atoms. The lowest BCUT2D eigenvalue weighted by Crippen LogP contribution is -2.05. The molecule has 2 rings (SSSR count). The first-order valence-electron chi connectivity index (χ1n) is 6.63. The summed E-state index contributed by atoms with van der Waals surface area (Å²) in [6.07, 6.45) is 0.655. The van der Waals surface area contributed by atoms with Crippen LogP contribution in [0.25, 0.3) is 11.1 Å². The Kier molecular flexibility index (Phi) is 4.34. The normalized spacial score (nSPS) is 11.4. The molecule has 0 aliphatic carbocycles. The third-order valence-electron chi connectivity index (χ3n) is 3.52. The van der Waals surface area contributed by atoms with Crippen molar-refractivity contribution in [1.29, 1.82) is 0 Å². The number of hydrogen-bond donors (Lipinski definition) is 1. The zero-order valence-corrected chi connectivity index (χ0v) is 13.1. The van der Waals surface area contributed by atoms with Crippen LogP contribution in [0.1, 0.15) is 18.1 Å². The molecule has 0 saturated heterocycles. The van der Waals surface area contributed by atoms with Crippen molar-refractivity contribution in [2.75, 3.05) is 7.11 Å². The van der Waals surface area contributed by atoms with Crippen molar-refractivity contribution in [1.82, 2.24) is 0 Å². The molecule has 0 amide bonds. The van der Waals surface area contributed by atoms with Crippen LogP contribution >= 0.6 is 0 Å². The van der Waals surface area contributed by atoms with Gasteiger partial charge in [0.1, 0.15) is 10.6 Å². The SMILES string of the molecule is CCc1c(C)ccc(S(=O)(=O)O)c1-c1ccccc1OC. The molecule has 0 spiro atoms. The smallest absolute Gasteiger partial charge is 0.295 e. The summed E-state index contributed by atoms with van der Waals surface area (Å²) in [6, 6.07) is 10.3. The third-order valence-corrected chi connectivity index (χ3v) is 4.41. The van der Waals surface area contributed by atoms with Gasteiger partial charge in [-0.05, 0) is 36.6 Å². The average Bonchev–Trinajstić information content (AvgIpc) is 2.45. The van der Waals surface area contributed by atoms with Gasteiger partial charge < -0.3 is 4.74 Å². The maximum atomic E-state index is 11.7. The monoisotopic (exact) mass is 306 g/mol. The Labute approximate surface area is 125 Å². The summed E-state index contributed by atoms with van der Waals surface area (Å²) in [7, 11) is -2.78. The van der Waals surface area contributed by atoms with Crippen LogP contribution in [0.15, 0.2) is 41.3 Å². The van der Waals surface area contributed by atoms with Gasteiger partial charge in [-0.15, -0.1) is 0 Å². The lowest BCUT2D eigenvalue weighted by molar-refractivity contribution is 0.416. The molecule has 0 fully saturated rings. The van der Waals surface area contributed by atoms with E-state index in [9.17, 15) is 13.0 Å². The first-order chi connectivity index (χ1) is 9.90. The molecule has 0 unspecified atom stereocenters. The zero-order valence-electron chi connectivity index (χ0n) is 12.3. The number of benzene rings is 2. The quantitative estimate of drug-likeness (QED) is 0.878. The maximum Gasteiger partial charge on any atom is 0.295 e. The Morgan fingerprint density at radius 2 is 1.81 bits per heavy atom. The van der Waals surface area contributed by atoms with Crippen LogP contribution in [0, 0.1) is 6.92 Å². The summed E-state index contributed by atoms with van der Waals surface area (Å²) in [6.45, 7) is 3.88. The Morgan fingerprint density at radius 1 is 1.14 bits per heavy atom. The van der Waals surface area contributed by atoms with E-state index >= 15 is 0 Å². The van der Waals surface area contributed by atoms with Crippen LogP contribution in [0.3, 0.4) is 0 Å². The van der Waals surface area contributed by atoms with Gasteiger partial charge in [0, 0.05) is 11.1 Å². The van der Waals surface area contributed by atoms with Crippen LogP contribution in [-0.4, -0.2) is 20.1 Å². The second-order valence-electron chi connectivity index (χ2n) is 4.76. The van der Waals surface area contributed by atoms with Crippen molar-refractivity contribution in [2.24, 2.45) is 0 Å². The second kappa shape index (κ2) is 5.87. The van der Waals surface area contributed by atoms with Gasteiger partial charge in [-0.3, -0.25) is 4.55 Å². The molecule has 2 aromatic rings. The molecule has 0 heterocycles. The Hall–Kier alpha value is -1.85. The van der Waals surface area contributed by atoms with Gasteiger partial charge in [-0.25, -0.2) is 0 Å². The van der Waals surface area contributed by atoms with E-state index < -0.39 is 10.1 Å². The van der Waals surface area contributed by atoms with E-state index in [0.717, 1.165) is 11.1 Å². The summed E-state index contributed by atoms with van der Waals surface area (Å²) >= 11 is 0. The van der Waals surface area contributed by atoms with Crippen LogP contribution in [0.2, 0.25) is 0 Å². The van der Waals surface area contributed by atoms with Gasteiger partial charge >= 0.3 is 0 Å². The fraction of sp³-hybridized carbons (Fsp3) is 0.250. The molecule has 0 radical (unpaired) electrons. The van der Waals surface area contributed by atoms with Crippen molar-refractivity contribution in [3.8, 4) is 16.9 Å². The van der Waals surface area contributed by atoms with E-state index in [2.05, 4.69) is 0 Å². The largest absolute Gasteiger partial charge is 0.496 e. The highest BCUT2D eigenvalue weighted by molar-refractivity contribution is 7.86. The highest BCUT2D eigenvalue weighted by Gasteiger charge is 2.22. The summed E-state index contributed by atoms with van der Waals surface area (Å²) < 4.78 is 38.3. The Morgan fingerprint density at radius 3 is 2.38 bits per heavy atom. The summed E-state index contributed by atoms with van der Waals surface area (Å²) in [5.41, 5.74) is 3.03. The maximum absolute atomic E-state index is 11.7. The fourth-order valence-corrected chi connectivity index (χ4v) is 3.28. The predicted octanol–water partition coefficient (Wildman–Crippen LogP) is 3.48. The number of aryl methyl sites for hydroxylation is 1. The van der Waals surface area contributed by atoms with Crippen molar-refractivity contribution >= 4 is 10.1 Å². The number of methoxy groups -OCH3 is 1. The van der Waals surface area contributed by atoms with Gasteiger partial charge in [0.05, 0.1) is 7.11 Å². The standard InChI is InChI=1S/C16H18O4S/c1-4-12-11(2)9-10-15(21(17,18)19)16(12)13-7-5-6-8-14(13)20-3/h5-10H,4H2,1-3H3,(H,17,18,19). The first-order valence-corrected chi connectivity index (χ1v) is 8.07. The predicted molar refractivity (Wildman–Crippen MR) is 82.4 cm³/mol. The molecule has 0 bridgehead atoms. The van der Waals surface area contributed by atoms with E-state index in [0.29, 0.717) is 23.3 Å². The molecule has 0 aromatic heterocycles. The van der Waals surface area contributed by atoms with Gasteiger partial charge in [-0.2, -0.15) is 8.42 Å². The highest BCUT2D eigenvalue weighted by Crippen LogP contribution is 2.38. The summed E-state index contributed by atoms with van der Waals surface area (Å²) in [5, 5.41) is 0. The van der Waals surface area contributed by atoms with E-state index in [-0.39, 0.29) is 4.90 Å². The third kappa shape index (κ3) is 2.94. The number of rotatable bonds is 4. The van der Waals surface area contributed by atoms with Gasteiger partial charge in [0.2, 0.25) is 0 Å². The lowest BCUT2D eigenvalue weighted by atomic mass is 9.93. The zero-order chi connectivity index (χ0) is 15.6. The molecular weight excluding hydrogens is 288 g/mol. The van der Waals surface area contributed by atoms with E-state index in [1.165, 1.54) is 13.2 Å². The highest BCUT2D eigenvalue weighted by atomic mass is 32.2. The lowest BCUT2D eigenvalue weighted by Gasteiger charge is -2.17. The fourth-order valence-electron chi connectivity index (χ4n) is 2.55. The first kappa shape index (κ1) is 15.5. The second-order valence-corrected chi connectivity index (χ2v) is 6.15. The summed E-state index contributed by atoms with van der Waals surface area (Å²) in [5.74, 6) is 0.572. The minimum absolute atomic E-state index is 0.0885. The Bertz CT molecular complexity index is 764. The molecule has 0 aliphatic rings. The van der Waals surface area contributed by atoms with Crippen LogP contribution in [0.5, 0.6) is 5.75 Å². The van der Waals surface area contributed by atoms with Gasteiger partial charge in [0.25, 0.3) is 10.1 Å². The van der Waals surface area contributed by atoms with E-state index in [1.54, 1.807) is 18.2 Å². The topological polar surface area (TPSA) is 63.6 Å². The number of hydrogen-bond acceptors (Lipinski definition) is 3. The average molecular weight is 306 g/mol. The molecule has 1 N–H and O–H groups in total. The van der Waals surface area contributed by atoms with Crippen molar-refractivity contribution < 1.29 is 17.7 Å². The van der Waals surface area contributed by atoms with E-state index in [1.807, 2.05) is 26.0 Å². The van der Waals surface area contributed by atoms with Crippen molar-refractivity contribution in [2.45, 2.75) is 25.2 Å². The van der Waals surface area contributed by atoms with E-state index in [4.69, 9.17) is 4.74 Å². The molecule has 2 aromatic carbocycles. The summed E-state index contributed by atoms with van der Waals surface area (Å²) in [4.78, 5) is -0.0885.